The summed E-state index contributed by atoms with van der Waals surface area (Å²) in [6.45, 7) is 8.03. The minimum atomic E-state index is -0.492. The Morgan fingerprint density at radius 1 is 1.25 bits per heavy atom. The van der Waals surface area contributed by atoms with Crippen LogP contribution in [0.2, 0.25) is 0 Å². The third-order valence-electron chi connectivity index (χ3n) is 5.05. The molecule has 110 valence electrons. The van der Waals surface area contributed by atoms with E-state index in [9.17, 15) is 4.79 Å². The number of carbonyl (C=O) groups is 1. The average molecular weight is 275 g/mol. The van der Waals surface area contributed by atoms with Crippen molar-refractivity contribution in [2.45, 2.75) is 38.6 Å². The number of hydrogen-bond donors (Lipinski definition) is 1. The molecule has 0 radical (unpaired) electrons. The Balaban J connectivity index is 1.76. The maximum atomic E-state index is 12.9. The Morgan fingerprint density at radius 2 is 2.00 bits per heavy atom. The number of likely N-dealkylation sites (tertiary alicyclic amines) is 1. The Hall–Kier alpha value is -1.29. The van der Waals surface area contributed by atoms with E-state index >= 15 is 0 Å². The molecule has 1 N–H and O–H groups in total. The van der Waals surface area contributed by atoms with Gasteiger partial charge in [-0.15, -0.1) is 0 Å². The summed E-state index contributed by atoms with van der Waals surface area (Å²) in [6.07, 6.45) is 7.56. The van der Waals surface area contributed by atoms with Crippen LogP contribution in [0, 0.1) is 5.41 Å². The van der Waals surface area contributed by atoms with Crippen LogP contribution < -0.4 is 5.32 Å². The molecular formula is C16H25N3O. The van der Waals surface area contributed by atoms with Crippen LogP contribution >= 0.6 is 0 Å². The summed E-state index contributed by atoms with van der Waals surface area (Å²) in [6, 6.07) is 3.96. The van der Waals surface area contributed by atoms with Crippen molar-refractivity contribution in [3.8, 4) is 0 Å². The summed E-state index contributed by atoms with van der Waals surface area (Å²) in [5.74, 6) is 0.250. The van der Waals surface area contributed by atoms with E-state index in [0.29, 0.717) is 5.41 Å². The number of hydrogen-bond acceptors (Lipinski definition) is 2. The van der Waals surface area contributed by atoms with E-state index in [1.165, 1.54) is 12.8 Å². The molecule has 0 aliphatic carbocycles. The second kappa shape index (κ2) is 4.92. The molecule has 2 fully saturated rings. The lowest BCUT2D eigenvalue weighted by molar-refractivity contribution is -0.142. The predicted molar refractivity (Wildman–Crippen MR) is 79.5 cm³/mol. The molecule has 2 aliphatic rings. The lowest BCUT2D eigenvalue weighted by Gasteiger charge is -2.43. The third kappa shape index (κ3) is 2.26. The van der Waals surface area contributed by atoms with Gasteiger partial charge in [0, 0.05) is 37.4 Å². The molecule has 1 aromatic rings. The number of amides is 1. The number of nitrogens with zero attached hydrogens (tertiary/aromatic N) is 2. The molecule has 1 atom stereocenters. The lowest BCUT2D eigenvalue weighted by Crippen LogP contribution is -2.53. The van der Waals surface area contributed by atoms with Crippen LogP contribution in [0.15, 0.2) is 24.5 Å². The number of aromatic nitrogens is 1. The van der Waals surface area contributed by atoms with Gasteiger partial charge >= 0.3 is 0 Å². The fraction of sp³-hybridized carbons (Fsp3) is 0.688. The Labute approximate surface area is 121 Å². The van der Waals surface area contributed by atoms with Crippen molar-refractivity contribution in [1.29, 1.82) is 0 Å². The van der Waals surface area contributed by atoms with Crippen molar-refractivity contribution in [3.05, 3.63) is 24.5 Å². The second-order valence-electron chi connectivity index (χ2n) is 6.91. The smallest absolute Gasteiger partial charge is 0.248 e. The van der Waals surface area contributed by atoms with Crippen LogP contribution in [0.5, 0.6) is 0 Å². The van der Waals surface area contributed by atoms with Crippen molar-refractivity contribution in [2.24, 2.45) is 5.41 Å². The van der Waals surface area contributed by atoms with Crippen LogP contribution in [0.25, 0.3) is 0 Å². The van der Waals surface area contributed by atoms with Gasteiger partial charge in [-0.3, -0.25) is 4.79 Å². The van der Waals surface area contributed by atoms with Gasteiger partial charge < -0.3 is 14.8 Å². The van der Waals surface area contributed by atoms with Crippen LogP contribution in [-0.4, -0.2) is 41.6 Å². The Bertz CT molecular complexity index is 472. The standard InChI is InChI=1S/C16H25N3O/c1-15(2,19-10-3-4-11-19)14(20)18-9-5-6-16(13-18)7-8-17-12-16/h3-4,10-11,17H,5-9,12-13H2,1-2H3/t16-/m1/s1. The highest BCUT2D eigenvalue weighted by Crippen LogP contribution is 2.36. The average Bonchev–Trinajstić information content (AvgIpc) is 3.10. The van der Waals surface area contributed by atoms with E-state index in [-0.39, 0.29) is 5.91 Å². The lowest BCUT2D eigenvalue weighted by atomic mass is 9.79. The highest BCUT2D eigenvalue weighted by atomic mass is 16.2. The topological polar surface area (TPSA) is 37.3 Å². The molecule has 20 heavy (non-hydrogen) atoms. The zero-order chi connectivity index (χ0) is 14.2. The van der Waals surface area contributed by atoms with E-state index in [1.54, 1.807) is 0 Å². The molecule has 4 heteroatoms. The summed E-state index contributed by atoms with van der Waals surface area (Å²) >= 11 is 0. The zero-order valence-corrected chi connectivity index (χ0v) is 12.6. The van der Waals surface area contributed by atoms with Gasteiger partial charge in [0.15, 0.2) is 0 Å². The first-order valence-electron chi connectivity index (χ1n) is 7.67. The first-order chi connectivity index (χ1) is 9.54. The van der Waals surface area contributed by atoms with Gasteiger partial charge in [-0.05, 0) is 51.8 Å². The fourth-order valence-electron chi connectivity index (χ4n) is 3.73. The van der Waals surface area contributed by atoms with Gasteiger partial charge in [-0.2, -0.15) is 0 Å². The largest absolute Gasteiger partial charge is 0.340 e. The minimum absolute atomic E-state index is 0.250. The minimum Gasteiger partial charge on any atom is -0.340 e. The summed E-state index contributed by atoms with van der Waals surface area (Å²) in [5.41, 5.74) is -0.158. The molecule has 1 spiro atoms. The normalized spacial score (nSPS) is 27.2. The monoisotopic (exact) mass is 275 g/mol. The van der Waals surface area contributed by atoms with Crippen LogP contribution in [-0.2, 0) is 10.3 Å². The van der Waals surface area contributed by atoms with Gasteiger partial charge in [0.2, 0.25) is 5.91 Å². The molecule has 0 saturated carbocycles. The molecule has 2 aliphatic heterocycles. The van der Waals surface area contributed by atoms with Crippen molar-refractivity contribution in [3.63, 3.8) is 0 Å². The molecule has 1 aromatic heterocycles. The Morgan fingerprint density at radius 3 is 2.65 bits per heavy atom. The van der Waals surface area contributed by atoms with Crippen molar-refractivity contribution in [2.75, 3.05) is 26.2 Å². The zero-order valence-electron chi connectivity index (χ0n) is 12.6. The van der Waals surface area contributed by atoms with E-state index in [2.05, 4.69) is 10.2 Å². The first kappa shape index (κ1) is 13.7. The number of piperidine rings is 1. The van der Waals surface area contributed by atoms with Gasteiger partial charge in [0.05, 0.1) is 0 Å². The van der Waals surface area contributed by atoms with E-state index < -0.39 is 5.54 Å². The van der Waals surface area contributed by atoms with Crippen LogP contribution in [0.4, 0.5) is 0 Å². The molecule has 0 aromatic carbocycles. The first-order valence-corrected chi connectivity index (χ1v) is 7.67. The molecule has 0 unspecified atom stereocenters. The maximum Gasteiger partial charge on any atom is 0.248 e. The molecule has 3 rings (SSSR count). The second-order valence-corrected chi connectivity index (χ2v) is 6.91. The summed E-state index contributed by atoms with van der Waals surface area (Å²) in [4.78, 5) is 15.0. The Kier molecular flexibility index (Phi) is 3.36. The number of nitrogens with one attached hydrogen (secondary N) is 1. The third-order valence-corrected chi connectivity index (χ3v) is 5.05. The van der Waals surface area contributed by atoms with E-state index in [1.807, 2.05) is 42.9 Å². The maximum absolute atomic E-state index is 12.9. The quantitative estimate of drug-likeness (QED) is 0.894. The molecule has 3 heterocycles. The molecular weight excluding hydrogens is 250 g/mol. The summed E-state index contributed by atoms with van der Waals surface area (Å²) in [5, 5.41) is 3.47. The van der Waals surface area contributed by atoms with Gasteiger partial charge in [0.1, 0.15) is 5.54 Å². The molecule has 1 amide bonds. The van der Waals surface area contributed by atoms with Crippen LogP contribution in [0.1, 0.15) is 33.1 Å². The summed E-state index contributed by atoms with van der Waals surface area (Å²) in [7, 11) is 0. The van der Waals surface area contributed by atoms with Gasteiger partial charge in [-0.25, -0.2) is 0 Å². The van der Waals surface area contributed by atoms with Gasteiger partial charge in [-0.1, -0.05) is 0 Å². The van der Waals surface area contributed by atoms with E-state index in [4.69, 9.17) is 0 Å². The fourth-order valence-corrected chi connectivity index (χ4v) is 3.73. The van der Waals surface area contributed by atoms with Crippen molar-refractivity contribution in [1.82, 2.24) is 14.8 Å². The van der Waals surface area contributed by atoms with Crippen molar-refractivity contribution < 1.29 is 4.79 Å². The molecule has 2 saturated heterocycles. The molecule has 4 nitrogen and oxygen atoms in total. The van der Waals surface area contributed by atoms with Crippen molar-refractivity contribution >= 4 is 5.91 Å². The van der Waals surface area contributed by atoms with Gasteiger partial charge in [0.25, 0.3) is 0 Å². The number of rotatable bonds is 2. The molecule has 0 bridgehead atoms. The highest BCUT2D eigenvalue weighted by Gasteiger charge is 2.42. The van der Waals surface area contributed by atoms with E-state index in [0.717, 1.165) is 32.6 Å². The number of carbonyl (C=O) groups excluding carboxylic acids is 1. The van der Waals surface area contributed by atoms with Crippen LogP contribution in [0.3, 0.4) is 0 Å². The predicted octanol–water partition coefficient (Wildman–Crippen LogP) is 1.83. The highest BCUT2D eigenvalue weighted by molar-refractivity contribution is 5.84. The summed E-state index contributed by atoms with van der Waals surface area (Å²) < 4.78 is 2.02. The SMILES string of the molecule is CC(C)(C(=O)N1CCC[C@]2(CCNC2)C1)n1cccc1.